The van der Waals surface area contributed by atoms with Gasteiger partial charge in [0.15, 0.2) is 0 Å². The normalized spacial score (nSPS) is 31.8. The summed E-state index contributed by atoms with van der Waals surface area (Å²) in [5.74, 6) is -6.61. The fourth-order valence-corrected chi connectivity index (χ4v) is 12.3. The van der Waals surface area contributed by atoms with E-state index in [0.29, 0.717) is 51.8 Å². The number of nitrogens with zero attached hydrogens (tertiary/aromatic N) is 3. The van der Waals surface area contributed by atoms with E-state index in [-0.39, 0.29) is 93.4 Å². The molecule has 377 valence electrons. The van der Waals surface area contributed by atoms with E-state index < -0.39 is 98.4 Å². The summed E-state index contributed by atoms with van der Waals surface area (Å²) in [5, 5.41) is 36.7. The molecule has 8 bridgehead atoms. The van der Waals surface area contributed by atoms with Crippen LogP contribution in [-0.4, -0.2) is 87.8 Å². The number of aliphatic hydroxyl groups excluding tert-OH is 1. The Balaban J connectivity index is 0.0000101. The van der Waals surface area contributed by atoms with Crippen molar-refractivity contribution in [3.63, 3.8) is 0 Å². The van der Waals surface area contributed by atoms with Crippen LogP contribution in [-0.2, 0) is 45.5 Å². The van der Waals surface area contributed by atoms with E-state index >= 15 is 0 Å². The number of aliphatic hydroxyl groups is 1. The number of allylic oxidation sites excluding steroid dienone is 6. The van der Waals surface area contributed by atoms with E-state index in [1.165, 1.54) is 0 Å². The first-order chi connectivity index (χ1) is 30.9. The third-order valence-electron chi connectivity index (χ3n) is 16.1. The molecule has 1 saturated heterocycles. The van der Waals surface area contributed by atoms with Gasteiger partial charge in [0.25, 0.3) is 0 Å². The summed E-state index contributed by atoms with van der Waals surface area (Å²) in [6, 6.07) is -0.920. The molecule has 0 unspecified atom stereocenters. The van der Waals surface area contributed by atoms with Gasteiger partial charge in [0, 0.05) is 141 Å². The van der Waals surface area contributed by atoms with Gasteiger partial charge in [0.1, 0.15) is 0 Å². The van der Waals surface area contributed by atoms with E-state index in [9.17, 15) is 39.0 Å². The number of hydrogen-bond acceptors (Lipinski definition) is 13. The topological polar surface area (TPSA) is 361 Å². The van der Waals surface area contributed by atoms with Crippen molar-refractivity contribution < 1.29 is 55.8 Å². The monoisotopic (exact) mass is 989 g/mol. The Bertz CT molecular complexity index is 2320. The molecule has 6 amide bonds. The molecule has 14 N–H and O–H groups in total. The van der Waals surface area contributed by atoms with Gasteiger partial charge in [0.05, 0.1) is 17.7 Å². The zero-order valence-electron chi connectivity index (χ0n) is 40.9. The van der Waals surface area contributed by atoms with Crippen LogP contribution in [0, 0.1) is 50.7 Å². The maximum absolute atomic E-state index is 13.5. The minimum atomic E-state index is -1.40. The molecule has 5 aliphatic heterocycles. The van der Waals surface area contributed by atoms with Crippen LogP contribution in [0.1, 0.15) is 133 Å². The van der Waals surface area contributed by atoms with Crippen LogP contribution in [0.2, 0.25) is 0 Å². The van der Waals surface area contributed by atoms with Crippen LogP contribution in [0.25, 0.3) is 0 Å². The number of hydrogen-bond donors (Lipinski definition) is 9. The first kappa shape index (κ1) is 55.4. The summed E-state index contributed by atoms with van der Waals surface area (Å²) < 4.78 is 0. The quantitative estimate of drug-likeness (QED) is 0.0631. The van der Waals surface area contributed by atoms with E-state index in [1.54, 1.807) is 6.92 Å². The Morgan fingerprint density at radius 2 is 1.38 bits per heavy atom. The van der Waals surface area contributed by atoms with Gasteiger partial charge >= 0.3 is 0 Å². The molecule has 0 aromatic carbocycles. The van der Waals surface area contributed by atoms with Gasteiger partial charge in [-0.1, -0.05) is 34.6 Å². The first-order valence-electron chi connectivity index (χ1n) is 23.2. The average molecular weight is 990 g/mol. The van der Waals surface area contributed by atoms with E-state index in [2.05, 4.69) is 10.6 Å². The Kier molecular flexibility index (Phi) is 16.6. The zero-order chi connectivity index (χ0) is 50.4. The fourth-order valence-electron chi connectivity index (χ4n) is 12.3. The van der Waals surface area contributed by atoms with Crippen LogP contribution in [0.5, 0.6) is 0 Å². The van der Waals surface area contributed by atoms with Crippen LogP contribution < -0.4 is 44.4 Å². The molecular weight excluding hydrogens is 918 g/mol. The van der Waals surface area contributed by atoms with Crippen molar-refractivity contribution in [2.75, 3.05) is 6.54 Å². The third kappa shape index (κ3) is 10.4. The number of fused-ring (bicyclic) bond motifs is 6. The molecule has 5 rings (SSSR count). The first-order valence-corrected chi connectivity index (χ1v) is 23.2. The molecule has 0 aromatic heterocycles. The third-order valence-corrected chi connectivity index (χ3v) is 16.1. The molecule has 0 aliphatic carbocycles. The van der Waals surface area contributed by atoms with E-state index in [4.69, 9.17) is 49.1 Å². The molecule has 19 nitrogen and oxygen atoms in total. The van der Waals surface area contributed by atoms with Gasteiger partial charge in [0.2, 0.25) is 35.4 Å². The molecule has 0 saturated carbocycles. The molecule has 10 atom stereocenters. The second-order valence-electron chi connectivity index (χ2n) is 21.1. The van der Waals surface area contributed by atoms with Crippen molar-refractivity contribution in [2.45, 2.75) is 151 Å². The fraction of sp³-hybridized carbons (Fsp3) is 0.667. The van der Waals surface area contributed by atoms with Crippen LogP contribution >= 0.6 is 0 Å². The molecule has 20 heteroatoms. The molecule has 5 aliphatic rings. The SMILES string of the molecule is CC1=C2N=C(C=C3NC(=C(C)C4=N[C@@](C)([C@@H]5N=C1[C@](C)(CCC(=O)NC[C@@H](C)O)[C@H]5CC(N)=O)[C@@](C)(CC(N)=O)[C@@H]4CCC(N)=O)[C@@](C)(CC(N)=O)[C@@H]3CCC(=N)[O-])C(C)(C)[C@@H]2CCC(N)=O.[Co]. The number of carbonyl (C=O) groups is 6. The van der Waals surface area contributed by atoms with E-state index in [0.717, 1.165) is 0 Å². The predicted molar refractivity (Wildman–Crippen MR) is 252 cm³/mol. The van der Waals surface area contributed by atoms with Crippen LogP contribution in [0.15, 0.2) is 49.3 Å². The number of nitrogens with one attached hydrogen (secondary N) is 3. The summed E-state index contributed by atoms with van der Waals surface area (Å²) in [4.78, 5) is 95.4. The predicted octanol–water partition coefficient (Wildman–Crippen LogP) is 1.59. The Labute approximate surface area is 409 Å². The zero-order valence-corrected chi connectivity index (χ0v) is 41.9. The standard InChI is InChI=1S/C48H73N11O8.Co/c1-23(60)22-55-38(67)16-17-45(6)29(18-35(52)64)43-48(9)47(8,21-37(54)66)28(12-15-34(51)63)40(59-48)25(3)42-46(7,20-36(53)65)26(10-13-32(49)61)30(56-42)19-31-44(4,5)27(11-14-33(50)62)39(57-31)24(2)41(45)58-43;/h19,23,26-29,43,56,60H,10-18,20-22H2,1-9H3,(H2,49,61)(H2,50,62)(H2,51,63)(H2,52,64)(H2,53,65)(H2,54,66)(H,55,67);/p-1/t23-,26-,27-,28-,29+,43-,45-,46+,47+,48+;/m1./s1. The summed E-state index contributed by atoms with van der Waals surface area (Å²) in [6.07, 6.45) is 0.958. The summed E-state index contributed by atoms with van der Waals surface area (Å²) >= 11 is 0. The summed E-state index contributed by atoms with van der Waals surface area (Å²) in [7, 11) is 0. The van der Waals surface area contributed by atoms with Crippen molar-refractivity contribution in [1.82, 2.24) is 10.6 Å². The van der Waals surface area contributed by atoms with Gasteiger partial charge < -0.3 is 54.9 Å². The van der Waals surface area contributed by atoms with Crippen molar-refractivity contribution >= 4 is 58.5 Å². The number of carbonyl (C=O) groups excluding carboxylic acids is 6. The molecule has 1 radical (unpaired) electrons. The molecule has 0 spiro atoms. The van der Waals surface area contributed by atoms with Crippen LogP contribution in [0.4, 0.5) is 0 Å². The maximum Gasteiger partial charge on any atom is 0.220 e. The van der Waals surface area contributed by atoms with Gasteiger partial charge in [-0.3, -0.25) is 43.7 Å². The second kappa shape index (κ2) is 20.4. The number of rotatable bonds is 20. The van der Waals surface area contributed by atoms with Crippen LogP contribution in [0.3, 0.4) is 0 Å². The minimum Gasteiger partial charge on any atom is -0.862 e. The number of primary amides is 5. The molecular formula is C48H72CoN11O8-. The smallest absolute Gasteiger partial charge is 0.220 e. The number of amides is 6. The number of nitrogens with two attached hydrogens (primary N) is 5. The summed E-state index contributed by atoms with van der Waals surface area (Å²) in [6.45, 7) is 16.8. The Morgan fingerprint density at radius 1 is 0.809 bits per heavy atom. The molecule has 1 fully saturated rings. The molecule has 5 heterocycles. The van der Waals surface area contributed by atoms with Gasteiger partial charge in [-0.25, -0.2) is 0 Å². The number of aliphatic imine (C=N–C) groups is 3. The maximum atomic E-state index is 13.5. The average Bonchev–Trinajstić information content (AvgIpc) is 3.80. The van der Waals surface area contributed by atoms with Crippen molar-refractivity contribution in [3.05, 3.63) is 34.3 Å². The molecule has 68 heavy (non-hydrogen) atoms. The molecule has 0 aromatic rings. The summed E-state index contributed by atoms with van der Waals surface area (Å²) in [5.41, 5.74) is 28.9. The van der Waals surface area contributed by atoms with Crippen molar-refractivity contribution in [3.8, 4) is 0 Å². The van der Waals surface area contributed by atoms with Gasteiger partial charge in [-0.15, -0.1) is 0 Å². The van der Waals surface area contributed by atoms with Crippen molar-refractivity contribution in [1.29, 1.82) is 5.41 Å². The van der Waals surface area contributed by atoms with Gasteiger partial charge in [-0.05, 0) is 82.9 Å². The largest absolute Gasteiger partial charge is 0.862 e. The van der Waals surface area contributed by atoms with Gasteiger partial charge in [-0.2, -0.15) is 0 Å². The van der Waals surface area contributed by atoms with Crippen molar-refractivity contribution in [2.24, 2.45) is 89.0 Å². The Morgan fingerprint density at radius 3 is 1.91 bits per heavy atom. The second-order valence-corrected chi connectivity index (χ2v) is 21.1. The van der Waals surface area contributed by atoms with E-state index in [1.807, 2.05) is 61.5 Å². The Hall–Kier alpha value is -5.21. The minimum absolute atomic E-state index is 0.